The molecule has 1 aromatic rings. The van der Waals surface area contributed by atoms with Crippen molar-refractivity contribution >= 4 is 17.4 Å². The summed E-state index contributed by atoms with van der Waals surface area (Å²) in [6.45, 7) is 6.98. The fourth-order valence-corrected chi connectivity index (χ4v) is 2.43. The third kappa shape index (κ3) is 2.52. The Hall–Kier alpha value is -1.10. The second kappa shape index (κ2) is 4.05. The van der Waals surface area contributed by atoms with E-state index in [1.807, 2.05) is 26.3 Å². The number of carbonyl (C=O) groups is 1. The van der Waals surface area contributed by atoms with Crippen LogP contribution in [-0.4, -0.2) is 28.1 Å². The summed E-state index contributed by atoms with van der Waals surface area (Å²) in [5.41, 5.74) is 2.54. The maximum absolute atomic E-state index is 11.8. The molecular weight excluding hydrogens is 224 g/mol. The Morgan fingerprint density at radius 3 is 3.00 bits per heavy atom. The first kappa shape index (κ1) is 11.4. The van der Waals surface area contributed by atoms with E-state index in [2.05, 4.69) is 4.98 Å². The summed E-state index contributed by atoms with van der Waals surface area (Å²) < 4.78 is 5.34. The lowest BCUT2D eigenvalue weighted by molar-refractivity contribution is 0.0225. The van der Waals surface area contributed by atoms with Crippen molar-refractivity contribution in [2.45, 2.75) is 39.3 Å². The molecule has 0 aliphatic carbocycles. The fourth-order valence-electron chi connectivity index (χ4n) is 1.60. The van der Waals surface area contributed by atoms with E-state index in [0.717, 1.165) is 12.1 Å². The summed E-state index contributed by atoms with van der Waals surface area (Å²) in [6, 6.07) is 0. The van der Waals surface area contributed by atoms with E-state index in [4.69, 9.17) is 4.74 Å². The average Bonchev–Trinajstić information content (AvgIpc) is 2.61. The van der Waals surface area contributed by atoms with Gasteiger partial charge in [-0.25, -0.2) is 9.78 Å². The van der Waals surface area contributed by atoms with Gasteiger partial charge in [0.15, 0.2) is 0 Å². The molecule has 0 N–H and O–H groups in total. The van der Waals surface area contributed by atoms with Crippen molar-refractivity contribution in [1.29, 1.82) is 0 Å². The highest BCUT2D eigenvalue weighted by atomic mass is 32.1. The summed E-state index contributed by atoms with van der Waals surface area (Å²) in [7, 11) is 0. The number of hydrogen-bond donors (Lipinski definition) is 0. The topological polar surface area (TPSA) is 42.4 Å². The highest BCUT2D eigenvalue weighted by Crippen LogP contribution is 2.23. The molecule has 0 saturated heterocycles. The van der Waals surface area contributed by atoms with Crippen LogP contribution in [0, 0.1) is 0 Å². The summed E-state index contributed by atoms with van der Waals surface area (Å²) in [5.74, 6) is 0. The van der Waals surface area contributed by atoms with Gasteiger partial charge in [0.1, 0.15) is 5.60 Å². The molecular formula is C11H16N2O2S. The van der Waals surface area contributed by atoms with Gasteiger partial charge in [-0.2, -0.15) is 0 Å². The molecule has 0 spiro atoms. The molecule has 1 aliphatic rings. The number of ether oxygens (including phenoxy) is 1. The van der Waals surface area contributed by atoms with Gasteiger partial charge in [0.2, 0.25) is 0 Å². The molecule has 0 unspecified atom stereocenters. The molecule has 0 fully saturated rings. The van der Waals surface area contributed by atoms with Crippen LogP contribution in [0.3, 0.4) is 0 Å². The number of fused-ring (bicyclic) bond motifs is 1. The zero-order valence-corrected chi connectivity index (χ0v) is 10.6. The Bertz CT molecular complexity index is 395. The van der Waals surface area contributed by atoms with Gasteiger partial charge >= 0.3 is 6.09 Å². The quantitative estimate of drug-likeness (QED) is 0.699. The molecule has 88 valence electrons. The predicted molar refractivity (Wildman–Crippen MR) is 62.5 cm³/mol. The van der Waals surface area contributed by atoms with Gasteiger partial charge in [-0.15, -0.1) is 11.3 Å². The van der Waals surface area contributed by atoms with Crippen molar-refractivity contribution < 1.29 is 9.53 Å². The Balaban J connectivity index is 2.01. The first-order valence-corrected chi connectivity index (χ1v) is 6.23. The second-order valence-corrected chi connectivity index (χ2v) is 5.81. The number of nitrogens with zero attached hydrogens (tertiary/aromatic N) is 2. The van der Waals surface area contributed by atoms with Crippen LogP contribution in [0.5, 0.6) is 0 Å². The third-order valence-electron chi connectivity index (χ3n) is 2.33. The molecule has 0 saturated carbocycles. The van der Waals surface area contributed by atoms with Gasteiger partial charge in [0, 0.05) is 17.8 Å². The summed E-state index contributed by atoms with van der Waals surface area (Å²) >= 11 is 1.60. The van der Waals surface area contributed by atoms with Crippen LogP contribution in [0.4, 0.5) is 4.79 Å². The van der Waals surface area contributed by atoms with Crippen molar-refractivity contribution in [3.8, 4) is 0 Å². The molecule has 5 heteroatoms. The molecule has 0 aromatic carbocycles. The number of thiazole rings is 1. The summed E-state index contributed by atoms with van der Waals surface area (Å²) in [5, 5.41) is 0. The van der Waals surface area contributed by atoms with Crippen LogP contribution in [0.25, 0.3) is 0 Å². The Morgan fingerprint density at radius 2 is 2.31 bits per heavy atom. The van der Waals surface area contributed by atoms with Gasteiger partial charge in [-0.3, -0.25) is 0 Å². The lowest BCUT2D eigenvalue weighted by atomic mass is 10.2. The summed E-state index contributed by atoms with van der Waals surface area (Å²) in [6.07, 6.45) is 0.601. The van der Waals surface area contributed by atoms with Gasteiger partial charge < -0.3 is 9.64 Å². The van der Waals surface area contributed by atoms with Gasteiger partial charge in [0.25, 0.3) is 0 Å². The zero-order chi connectivity index (χ0) is 11.8. The molecule has 2 heterocycles. The number of aromatic nitrogens is 1. The SMILES string of the molecule is CC(C)(C)OC(=O)N1CCc2ncsc2C1. The summed E-state index contributed by atoms with van der Waals surface area (Å²) in [4.78, 5) is 19.0. The van der Waals surface area contributed by atoms with Crippen molar-refractivity contribution in [2.24, 2.45) is 0 Å². The molecule has 0 bridgehead atoms. The maximum Gasteiger partial charge on any atom is 0.410 e. The first-order chi connectivity index (χ1) is 7.46. The number of rotatable bonds is 0. The Labute approximate surface area is 99.2 Å². The molecule has 16 heavy (non-hydrogen) atoms. The van der Waals surface area contributed by atoms with E-state index in [9.17, 15) is 4.79 Å². The van der Waals surface area contributed by atoms with Gasteiger partial charge in [0.05, 0.1) is 17.7 Å². The molecule has 2 rings (SSSR count). The standard InChI is InChI=1S/C11H16N2O2S/c1-11(2,3)15-10(14)13-5-4-8-9(6-13)16-7-12-8/h7H,4-6H2,1-3H3. The maximum atomic E-state index is 11.8. The predicted octanol–water partition coefficient (Wildman–Crippen LogP) is 2.44. The number of hydrogen-bond acceptors (Lipinski definition) is 4. The normalized spacial score (nSPS) is 15.8. The Morgan fingerprint density at radius 1 is 1.56 bits per heavy atom. The van der Waals surface area contributed by atoms with E-state index in [-0.39, 0.29) is 6.09 Å². The minimum atomic E-state index is -0.426. The van der Waals surface area contributed by atoms with Crippen LogP contribution in [0.1, 0.15) is 31.3 Å². The van der Waals surface area contributed by atoms with Crippen LogP contribution in [0.15, 0.2) is 5.51 Å². The van der Waals surface area contributed by atoms with E-state index < -0.39 is 5.60 Å². The minimum absolute atomic E-state index is 0.230. The zero-order valence-electron chi connectivity index (χ0n) is 9.82. The largest absolute Gasteiger partial charge is 0.444 e. The van der Waals surface area contributed by atoms with E-state index in [0.29, 0.717) is 13.1 Å². The van der Waals surface area contributed by atoms with E-state index in [1.165, 1.54) is 4.88 Å². The van der Waals surface area contributed by atoms with Crippen LogP contribution in [0.2, 0.25) is 0 Å². The lowest BCUT2D eigenvalue weighted by Gasteiger charge is -2.29. The average molecular weight is 240 g/mol. The van der Waals surface area contributed by atoms with Crippen molar-refractivity contribution in [3.63, 3.8) is 0 Å². The third-order valence-corrected chi connectivity index (χ3v) is 3.19. The molecule has 1 aliphatic heterocycles. The van der Waals surface area contributed by atoms with Gasteiger partial charge in [-0.1, -0.05) is 0 Å². The molecule has 1 aromatic heterocycles. The molecule has 0 atom stereocenters. The highest BCUT2D eigenvalue weighted by Gasteiger charge is 2.26. The number of carbonyl (C=O) groups excluding carboxylic acids is 1. The van der Waals surface area contributed by atoms with E-state index >= 15 is 0 Å². The fraction of sp³-hybridized carbons (Fsp3) is 0.636. The smallest absolute Gasteiger partial charge is 0.410 e. The molecule has 1 amide bonds. The minimum Gasteiger partial charge on any atom is -0.444 e. The Kier molecular flexibility index (Phi) is 2.88. The number of amides is 1. The van der Waals surface area contributed by atoms with Crippen LogP contribution in [-0.2, 0) is 17.7 Å². The van der Waals surface area contributed by atoms with Gasteiger partial charge in [-0.05, 0) is 20.8 Å². The van der Waals surface area contributed by atoms with Crippen molar-refractivity contribution in [2.75, 3.05) is 6.54 Å². The van der Waals surface area contributed by atoms with Crippen LogP contribution < -0.4 is 0 Å². The highest BCUT2D eigenvalue weighted by molar-refractivity contribution is 7.09. The van der Waals surface area contributed by atoms with E-state index in [1.54, 1.807) is 16.2 Å². The molecule has 0 radical (unpaired) electrons. The van der Waals surface area contributed by atoms with Crippen molar-refractivity contribution in [3.05, 3.63) is 16.1 Å². The van der Waals surface area contributed by atoms with Crippen molar-refractivity contribution in [1.82, 2.24) is 9.88 Å². The molecule has 4 nitrogen and oxygen atoms in total. The lowest BCUT2D eigenvalue weighted by Crippen LogP contribution is -2.39. The first-order valence-electron chi connectivity index (χ1n) is 5.35. The van der Waals surface area contributed by atoms with Crippen LogP contribution >= 0.6 is 11.3 Å². The monoisotopic (exact) mass is 240 g/mol. The second-order valence-electron chi connectivity index (χ2n) is 4.87.